The van der Waals surface area contributed by atoms with Gasteiger partial charge in [0.1, 0.15) is 5.01 Å². The maximum Gasteiger partial charge on any atom is 0.240 e. The average Bonchev–Trinajstić information content (AvgIpc) is 2.62. The number of amides is 1. The van der Waals surface area contributed by atoms with Gasteiger partial charge in [-0.1, -0.05) is 18.3 Å². The Kier molecular flexibility index (Phi) is 4.82. The van der Waals surface area contributed by atoms with E-state index in [4.69, 9.17) is 0 Å². The molecule has 1 amide bonds. The van der Waals surface area contributed by atoms with Crippen molar-refractivity contribution >= 4 is 22.4 Å². The first-order chi connectivity index (χ1) is 7.52. The Labute approximate surface area is 99.9 Å². The highest BCUT2D eigenvalue weighted by Gasteiger charge is 2.12. The molecular formula is C10H18N4OS. The van der Waals surface area contributed by atoms with Gasteiger partial charge < -0.3 is 0 Å². The number of aromatic nitrogens is 2. The highest BCUT2D eigenvalue weighted by molar-refractivity contribution is 7.15. The van der Waals surface area contributed by atoms with Crippen molar-refractivity contribution in [2.75, 3.05) is 18.9 Å². The lowest BCUT2D eigenvalue weighted by atomic mass is 10.2. The summed E-state index contributed by atoms with van der Waals surface area (Å²) < 4.78 is 0. The van der Waals surface area contributed by atoms with Crippen LogP contribution in [0.25, 0.3) is 0 Å². The Bertz CT molecular complexity index is 352. The Morgan fingerprint density at radius 3 is 2.75 bits per heavy atom. The lowest BCUT2D eigenvalue weighted by Crippen LogP contribution is -2.36. The van der Waals surface area contributed by atoms with E-state index < -0.39 is 0 Å². The van der Waals surface area contributed by atoms with Crippen molar-refractivity contribution in [1.29, 1.82) is 0 Å². The molecule has 0 aliphatic carbocycles. The molecule has 1 aromatic rings. The molecule has 1 aromatic heterocycles. The third kappa shape index (κ3) is 3.86. The van der Waals surface area contributed by atoms with Crippen LogP contribution >= 0.6 is 11.3 Å². The normalized spacial score (nSPS) is 12.8. The fourth-order valence-corrected chi connectivity index (χ4v) is 1.81. The molecule has 0 bridgehead atoms. The highest BCUT2D eigenvalue weighted by atomic mass is 32.1. The van der Waals surface area contributed by atoms with E-state index in [0.717, 1.165) is 11.4 Å². The molecule has 1 unspecified atom stereocenters. The molecule has 1 heterocycles. The zero-order valence-electron chi connectivity index (χ0n) is 10.1. The maximum absolute atomic E-state index is 11.6. The number of anilines is 1. The summed E-state index contributed by atoms with van der Waals surface area (Å²) in [4.78, 5) is 13.7. The van der Waals surface area contributed by atoms with Crippen molar-refractivity contribution in [2.24, 2.45) is 0 Å². The van der Waals surface area contributed by atoms with Gasteiger partial charge >= 0.3 is 0 Å². The third-order valence-corrected chi connectivity index (χ3v) is 3.26. The lowest BCUT2D eigenvalue weighted by molar-refractivity contribution is -0.117. The van der Waals surface area contributed by atoms with Crippen molar-refractivity contribution in [2.45, 2.75) is 33.2 Å². The maximum atomic E-state index is 11.6. The molecule has 16 heavy (non-hydrogen) atoms. The van der Waals surface area contributed by atoms with Gasteiger partial charge in [0.2, 0.25) is 11.0 Å². The van der Waals surface area contributed by atoms with E-state index in [9.17, 15) is 4.79 Å². The summed E-state index contributed by atoms with van der Waals surface area (Å²) in [6.45, 7) is 6.45. The number of rotatable bonds is 5. The minimum atomic E-state index is -0.0426. The summed E-state index contributed by atoms with van der Waals surface area (Å²) in [6.07, 6.45) is 1.03. The molecule has 0 saturated heterocycles. The number of hydrogen-bond donors (Lipinski definition) is 1. The van der Waals surface area contributed by atoms with Crippen molar-refractivity contribution in [1.82, 2.24) is 15.1 Å². The zero-order valence-corrected chi connectivity index (χ0v) is 11.0. The molecule has 0 fully saturated rings. The summed E-state index contributed by atoms with van der Waals surface area (Å²) in [5.74, 6) is -0.0426. The van der Waals surface area contributed by atoms with Crippen LogP contribution in [0, 0.1) is 6.92 Å². The van der Waals surface area contributed by atoms with E-state index in [2.05, 4.69) is 29.4 Å². The van der Waals surface area contributed by atoms with Gasteiger partial charge in [0.15, 0.2) is 0 Å². The lowest BCUT2D eigenvalue weighted by Gasteiger charge is -2.22. The number of aryl methyl sites for hydroxylation is 1. The Morgan fingerprint density at radius 2 is 2.25 bits per heavy atom. The predicted octanol–water partition coefficient (Wildman–Crippen LogP) is 1.52. The molecule has 1 N–H and O–H groups in total. The Morgan fingerprint density at radius 1 is 1.56 bits per heavy atom. The van der Waals surface area contributed by atoms with E-state index in [1.807, 2.05) is 18.9 Å². The van der Waals surface area contributed by atoms with E-state index in [0.29, 0.717) is 17.7 Å². The molecule has 6 heteroatoms. The van der Waals surface area contributed by atoms with Crippen LogP contribution in [-0.4, -0.2) is 40.6 Å². The first-order valence-electron chi connectivity index (χ1n) is 5.33. The standard InChI is InChI=1S/C10H18N4OS/c1-5-7(2)14(4)6-9(15)11-10-13-12-8(3)16-10/h7H,5-6H2,1-4H3,(H,11,13,15). The molecule has 5 nitrogen and oxygen atoms in total. The summed E-state index contributed by atoms with van der Waals surface area (Å²) >= 11 is 1.38. The van der Waals surface area contributed by atoms with E-state index in [1.54, 1.807) is 0 Å². The van der Waals surface area contributed by atoms with Gasteiger partial charge in [-0.05, 0) is 27.3 Å². The predicted molar refractivity (Wildman–Crippen MR) is 65.7 cm³/mol. The third-order valence-electron chi connectivity index (χ3n) is 2.51. The van der Waals surface area contributed by atoms with Gasteiger partial charge in [0.05, 0.1) is 6.54 Å². The van der Waals surface area contributed by atoms with E-state index in [-0.39, 0.29) is 5.91 Å². The van der Waals surface area contributed by atoms with Crippen LogP contribution in [0.5, 0.6) is 0 Å². The summed E-state index contributed by atoms with van der Waals surface area (Å²) in [7, 11) is 1.94. The molecule has 0 spiro atoms. The van der Waals surface area contributed by atoms with Crippen LogP contribution in [0.4, 0.5) is 5.13 Å². The first-order valence-corrected chi connectivity index (χ1v) is 6.14. The molecule has 90 valence electrons. The second kappa shape index (κ2) is 5.91. The van der Waals surface area contributed by atoms with Gasteiger partial charge in [0, 0.05) is 6.04 Å². The van der Waals surface area contributed by atoms with Gasteiger partial charge in [-0.15, -0.1) is 10.2 Å². The monoisotopic (exact) mass is 242 g/mol. The van der Waals surface area contributed by atoms with Crippen LogP contribution in [0.3, 0.4) is 0 Å². The van der Waals surface area contributed by atoms with Gasteiger partial charge in [0.25, 0.3) is 0 Å². The van der Waals surface area contributed by atoms with Crippen LogP contribution in [0.2, 0.25) is 0 Å². The molecule has 0 aromatic carbocycles. The molecule has 1 rings (SSSR count). The van der Waals surface area contributed by atoms with Crippen molar-refractivity contribution in [3.8, 4) is 0 Å². The highest BCUT2D eigenvalue weighted by Crippen LogP contribution is 2.13. The summed E-state index contributed by atoms with van der Waals surface area (Å²) in [5.41, 5.74) is 0. The number of nitrogens with zero attached hydrogens (tertiary/aromatic N) is 3. The summed E-state index contributed by atoms with van der Waals surface area (Å²) in [5, 5.41) is 11.8. The molecule has 0 radical (unpaired) electrons. The molecular weight excluding hydrogens is 224 g/mol. The number of nitrogens with one attached hydrogen (secondary N) is 1. The number of likely N-dealkylation sites (N-methyl/N-ethyl adjacent to an activating group) is 1. The van der Waals surface area contributed by atoms with Crippen molar-refractivity contribution in [3.63, 3.8) is 0 Å². The molecule has 0 saturated carbocycles. The topological polar surface area (TPSA) is 58.1 Å². The van der Waals surface area contributed by atoms with E-state index >= 15 is 0 Å². The van der Waals surface area contributed by atoms with Gasteiger partial charge in [-0.3, -0.25) is 15.0 Å². The quantitative estimate of drug-likeness (QED) is 0.850. The average molecular weight is 242 g/mol. The minimum Gasteiger partial charge on any atom is -0.299 e. The number of carbonyl (C=O) groups is 1. The summed E-state index contributed by atoms with van der Waals surface area (Å²) in [6, 6.07) is 0.405. The van der Waals surface area contributed by atoms with Gasteiger partial charge in [-0.25, -0.2) is 0 Å². The SMILES string of the molecule is CCC(C)N(C)CC(=O)Nc1nnc(C)s1. The Hall–Kier alpha value is -1.01. The first kappa shape index (κ1) is 13.1. The smallest absolute Gasteiger partial charge is 0.240 e. The van der Waals surface area contributed by atoms with Crippen LogP contribution < -0.4 is 5.32 Å². The fraction of sp³-hybridized carbons (Fsp3) is 0.700. The molecule has 0 aliphatic rings. The van der Waals surface area contributed by atoms with Crippen LogP contribution in [0.15, 0.2) is 0 Å². The zero-order chi connectivity index (χ0) is 12.1. The molecule has 1 atom stereocenters. The minimum absolute atomic E-state index is 0.0426. The van der Waals surface area contributed by atoms with Gasteiger partial charge in [-0.2, -0.15) is 0 Å². The second-order valence-corrected chi connectivity index (χ2v) is 5.03. The second-order valence-electron chi connectivity index (χ2n) is 3.85. The Balaban J connectivity index is 2.42. The van der Waals surface area contributed by atoms with Crippen molar-refractivity contribution < 1.29 is 4.79 Å². The van der Waals surface area contributed by atoms with Crippen LogP contribution in [0.1, 0.15) is 25.3 Å². The van der Waals surface area contributed by atoms with E-state index in [1.165, 1.54) is 11.3 Å². The largest absolute Gasteiger partial charge is 0.299 e. The van der Waals surface area contributed by atoms with Crippen LogP contribution in [-0.2, 0) is 4.79 Å². The number of hydrogen-bond acceptors (Lipinski definition) is 5. The van der Waals surface area contributed by atoms with Crippen molar-refractivity contribution in [3.05, 3.63) is 5.01 Å². The fourth-order valence-electron chi connectivity index (χ4n) is 1.20. The molecule has 0 aliphatic heterocycles. The number of carbonyl (C=O) groups excluding carboxylic acids is 1.